The summed E-state index contributed by atoms with van der Waals surface area (Å²) in [5, 5.41) is 0.399. The third-order valence-electron chi connectivity index (χ3n) is 5.85. The first-order valence-corrected chi connectivity index (χ1v) is 10.1. The largest absolute Gasteiger partial charge is 0.454 e. The van der Waals surface area contributed by atoms with Gasteiger partial charge < -0.3 is 18.8 Å². The van der Waals surface area contributed by atoms with Crippen LogP contribution in [0.1, 0.15) is 33.3 Å². The van der Waals surface area contributed by atoms with Crippen LogP contribution in [0, 0.1) is 5.82 Å². The number of para-hydroxylation sites is 1. The van der Waals surface area contributed by atoms with E-state index in [1.54, 1.807) is 47.4 Å². The van der Waals surface area contributed by atoms with E-state index in [1.807, 2.05) is 12.1 Å². The molecule has 7 heteroatoms. The second-order valence-electron chi connectivity index (χ2n) is 7.74. The molecule has 6 nitrogen and oxygen atoms in total. The lowest BCUT2D eigenvalue weighted by Crippen LogP contribution is -2.29. The molecule has 158 valence electrons. The van der Waals surface area contributed by atoms with Crippen molar-refractivity contribution in [3.63, 3.8) is 0 Å². The minimum Gasteiger partial charge on any atom is -0.454 e. The molecular weight excluding hydrogens is 413 g/mol. The molecule has 1 amide bonds. The Morgan fingerprint density at radius 2 is 1.72 bits per heavy atom. The molecule has 0 bridgehead atoms. The zero-order chi connectivity index (χ0) is 21.8. The lowest BCUT2D eigenvalue weighted by molar-refractivity contribution is 0.0714. The molecule has 1 aromatic heterocycles. The van der Waals surface area contributed by atoms with E-state index in [4.69, 9.17) is 13.9 Å². The predicted octanol–water partition coefficient (Wildman–Crippen LogP) is 4.41. The summed E-state index contributed by atoms with van der Waals surface area (Å²) in [4.78, 5) is 28.4. The molecule has 0 fully saturated rings. The molecule has 0 unspecified atom stereocenters. The van der Waals surface area contributed by atoms with Crippen LogP contribution in [-0.2, 0) is 6.54 Å². The van der Waals surface area contributed by atoms with Gasteiger partial charge >= 0.3 is 0 Å². The van der Waals surface area contributed by atoms with Crippen molar-refractivity contribution in [2.24, 2.45) is 0 Å². The van der Waals surface area contributed by atoms with Gasteiger partial charge in [-0.1, -0.05) is 30.3 Å². The number of hydrogen-bond acceptors (Lipinski definition) is 5. The Balaban J connectivity index is 1.51. The molecule has 0 saturated heterocycles. The minimum absolute atomic E-state index is 0.0174. The van der Waals surface area contributed by atoms with Gasteiger partial charge in [-0.2, -0.15) is 0 Å². The maximum atomic E-state index is 13.6. The van der Waals surface area contributed by atoms with Crippen LogP contribution in [-0.4, -0.2) is 17.6 Å². The number of amides is 1. The minimum atomic E-state index is -0.704. The van der Waals surface area contributed by atoms with Crippen molar-refractivity contribution < 1.29 is 23.1 Å². The molecule has 3 aromatic carbocycles. The molecule has 0 aliphatic carbocycles. The lowest BCUT2D eigenvalue weighted by atomic mass is 9.98. The van der Waals surface area contributed by atoms with Crippen molar-refractivity contribution >= 4 is 16.9 Å². The second kappa shape index (κ2) is 6.95. The Labute approximate surface area is 181 Å². The summed E-state index contributed by atoms with van der Waals surface area (Å²) >= 11 is 0. The summed E-state index contributed by atoms with van der Waals surface area (Å²) in [5.74, 6) is 0.470. The normalized spacial score (nSPS) is 16.6. The number of carbonyl (C=O) groups excluding carboxylic acids is 1. The molecule has 2 aliphatic heterocycles. The third-order valence-corrected chi connectivity index (χ3v) is 5.85. The van der Waals surface area contributed by atoms with Gasteiger partial charge in [0.15, 0.2) is 16.9 Å². The molecule has 0 N–H and O–H groups in total. The van der Waals surface area contributed by atoms with Gasteiger partial charge in [0.25, 0.3) is 5.91 Å². The number of carbonyl (C=O) groups is 1. The van der Waals surface area contributed by atoms with Crippen LogP contribution in [0.3, 0.4) is 0 Å². The number of fused-ring (bicyclic) bond motifs is 3. The summed E-state index contributed by atoms with van der Waals surface area (Å²) in [5.41, 5.74) is 1.78. The molecule has 2 aliphatic rings. The van der Waals surface area contributed by atoms with Crippen LogP contribution in [0.25, 0.3) is 11.0 Å². The summed E-state index contributed by atoms with van der Waals surface area (Å²) in [6.07, 6.45) is 0. The quantitative estimate of drug-likeness (QED) is 0.483. The van der Waals surface area contributed by atoms with Gasteiger partial charge in [-0.3, -0.25) is 9.59 Å². The molecule has 6 rings (SSSR count). The predicted molar refractivity (Wildman–Crippen MR) is 113 cm³/mol. The van der Waals surface area contributed by atoms with Crippen LogP contribution in [0.2, 0.25) is 0 Å². The molecule has 3 heterocycles. The van der Waals surface area contributed by atoms with Crippen molar-refractivity contribution in [2.45, 2.75) is 12.6 Å². The Kier molecular flexibility index (Phi) is 4.04. The van der Waals surface area contributed by atoms with E-state index in [-0.39, 0.29) is 30.1 Å². The highest BCUT2D eigenvalue weighted by molar-refractivity contribution is 5.99. The first-order chi connectivity index (χ1) is 15.6. The van der Waals surface area contributed by atoms with E-state index in [1.165, 1.54) is 12.1 Å². The Hall–Kier alpha value is -4.13. The Morgan fingerprint density at radius 3 is 2.56 bits per heavy atom. The zero-order valence-electron chi connectivity index (χ0n) is 16.7. The smallest absolute Gasteiger partial charge is 0.291 e. The van der Waals surface area contributed by atoms with Gasteiger partial charge in [-0.25, -0.2) is 4.39 Å². The molecule has 1 atom stereocenters. The lowest BCUT2D eigenvalue weighted by Gasteiger charge is -2.25. The SMILES string of the molecule is O=C1c2oc3ccccc3c(=O)c2[C@H](c2ccc(F)cc2)N1Cc1ccc2c(c1)OCO2. The number of rotatable bonds is 3. The number of halogens is 1. The maximum absolute atomic E-state index is 13.6. The Morgan fingerprint density at radius 1 is 0.938 bits per heavy atom. The van der Waals surface area contributed by atoms with Crippen molar-refractivity contribution in [1.82, 2.24) is 4.90 Å². The summed E-state index contributed by atoms with van der Waals surface area (Å²) < 4.78 is 30.3. The van der Waals surface area contributed by atoms with E-state index in [9.17, 15) is 14.0 Å². The first kappa shape index (κ1) is 18.6. The van der Waals surface area contributed by atoms with Gasteiger partial charge in [0.1, 0.15) is 11.4 Å². The third kappa shape index (κ3) is 2.78. The van der Waals surface area contributed by atoms with E-state index in [0.29, 0.717) is 28.0 Å². The maximum Gasteiger partial charge on any atom is 0.291 e. The average Bonchev–Trinajstić information content (AvgIpc) is 3.38. The van der Waals surface area contributed by atoms with Crippen LogP contribution in [0.4, 0.5) is 4.39 Å². The van der Waals surface area contributed by atoms with Gasteiger partial charge in [0, 0.05) is 6.54 Å². The molecule has 0 spiro atoms. The molecule has 0 saturated carbocycles. The topological polar surface area (TPSA) is 69.0 Å². The van der Waals surface area contributed by atoms with Gasteiger partial charge in [-0.15, -0.1) is 0 Å². The van der Waals surface area contributed by atoms with Crippen LogP contribution >= 0.6 is 0 Å². The zero-order valence-corrected chi connectivity index (χ0v) is 16.7. The summed E-state index contributed by atoms with van der Waals surface area (Å²) in [7, 11) is 0. The van der Waals surface area contributed by atoms with Crippen molar-refractivity contribution in [2.75, 3.05) is 6.79 Å². The highest BCUT2D eigenvalue weighted by Crippen LogP contribution is 2.40. The van der Waals surface area contributed by atoms with Crippen molar-refractivity contribution in [3.05, 3.63) is 105 Å². The van der Waals surface area contributed by atoms with Crippen molar-refractivity contribution in [1.29, 1.82) is 0 Å². The molecule has 32 heavy (non-hydrogen) atoms. The van der Waals surface area contributed by atoms with Crippen molar-refractivity contribution in [3.8, 4) is 11.5 Å². The summed E-state index contributed by atoms with van der Waals surface area (Å²) in [6.45, 7) is 0.355. The highest BCUT2D eigenvalue weighted by Gasteiger charge is 2.42. The van der Waals surface area contributed by atoms with Crippen LogP contribution in [0.15, 0.2) is 75.9 Å². The second-order valence-corrected chi connectivity index (χ2v) is 7.74. The van der Waals surface area contributed by atoms with Gasteiger partial charge in [-0.05, 0) is 47.5 Å². The molecule has 0 radical (unpaired) electrons. The number of nitrogens with zero attached hydrogens (tertiary/aromatic N) is 1. The van der Waals surface area contributed by atoms with E-state index in [2.05, 4.69) is 0 Å². The monoisotopic (exact) mass is 429 g/mol. The van der Waals surface area contributed by atoms with E-state index >= 15 is 0 Å². The van der Waals surface area contributed by atoms with Crippen LogP contribution in [0.5, 0.6) is 11.5 Å². The van der Waals surface area contributed by atoms with Gasteiger partial charge in [0.05, 0.1) is 17.0 Å². The molecular formula is C25H16FNO5. The Bertz CT molecular complexity index is 1440. The van der Waals surface area contributed by atoms with E-state index < -0.39 is 17.8 Å². The fraction of sp³-hybridized carbons (Fsp3) is 0.120. The van der Waals surface area contributed by atoms with E-state index in [0.717, 1.165) is 5.56 Å². The fourth-order valence-electron chi connectivity index (χ4n) is 4.36. The highest BCUT2D eigenvalue weighted by atomic mass is 19.1. The standard InChI is InChI=1S/C25H16FNO5/c26-16-8-6-15(7-9-16)22-21-23(28)17-3-1-2-4-18(17)32-24(21)25(29)27(22)12-14-5-10-19-20(11-14)31-13-30-19/h1-11,22H,12-13H2/t22-/m0/s1. The number of hydrogen-bond donors (Lipinski definition) is 0. The number of benzene rings is 3. The fourth-order valence-corrected chi connectivity index (χ4v) is 4.36. The van der Waals surface area contributed by atoms with Crippen LogP contribution < -0.4 is 14.9 Å². The average molecular weight is 429 g/mol. The first-order valence-electron chi connectivity index (χ1n) is 10.1. The summed E-state index contributed by atoms with van der Waals surface area (Å²) in [6, 6.07) is 17.4. The van der Waals surface area contributed by atoms with Gasteiger partial charge in [0.2, 0.25) is 12.6 Å². The number of ether oxygens (including phenoxy) is 2. The molecule has 4 aromatic rings.